The van der Waals surface area contributed by atoms with Crippen LogP contribution in [-0.2, 0) is 12.6 Å². The van der Waals surface area contributed by atoms with Crippen LogP contribution in [0.5, 0.6) is 0 Å². The maximum absolute atomic E-state index is 13.3. The summed E-state index contributed by atoms with van der Waals surface area (Å²) in [6.07, 6.45) is 1.26. The minimum absolute atomic E-state index is 0.238. The molecule has 1 N–H and O–H groups in total. The standard InChI is InChI=1S/C24H22F3N3O/c25-24(26,27)21-13-4-5-14-22(21)29-23(31)30(18-15-20-12-6-7-16-28-20)17-8-11-19-9-2-1-3-10-19/h1-14,16H,15,17-18H2,(H,29,31)/b11-8+. The van der Waals surface area contributed by atoms with E-state index in [0.717, 1.165) is 17.3 Å². The van der Waals surface area contributed by atoms with Crippen molar-refractivity contribution in [2.45, 2.75) is 12.6 Å². The fourth-order valence-corrected chi connectivity index (χ4v) is 2.99. The molecule has 0 unspecified atom stereocenters. The molecule has 3 aromatic rings. The Kier molecular flexibility index (Phi) is 7.43. The first-order chi connectivity index (χ1) is 14.9. The normalized spacial score (nSPS) is 11.5. The van der Waals surface area contributed by atoms with Crippen LogP contribution < -0.4 is 5.32 Å². The molecule has 0 fully saturated rings. The number of alkyl halides is 3. The molecule has 160 valence electrons. The number of aromatic nitrogens is 1. The molecule has 0 aliphatic carbocycles. The highest BCUT2D eigenvalue weighted by atomic mass is 19.4. The van der Waals surface area contributed by atoms with Gasteiger partial charge in [0, 0.05) is 31.4 Å². The van der Waals surface area contributed by atoms with E-state index in [-0.39, 0.29) is 12.2 Å². The van der Waals surface area contributed by atoms with Crippen molar-refractivity contribution in [1.29, 1.82) is 0 Å². The van der Waals surface area contributed by atoms with Gasteiger partial charge in [-0.3, -0.25) is 4.98 Å². The van der Waals surface area contributed by atoms with Crippen LogP contribution in [0.3, 0.4) is 0 Å². The van der Waals surface area contributed by atoms with Crippen molar-refractivity contribution in [2.75, 3.05) is 18.4 Å². The maximum Gasteiger partial charge on any atom is 0.418 e. The van der Waals surface area contributed by atoms with E-state index in [9.17, 15) is 18.0 Å². The van der Waals surface area contributed by atoms with Gasteiger partial charge in [-0.1, -0.05) is 60.7 Å². The minimum atomic E-state index is -4.56. The average Bonchev–Trinajstić information content (AvgIpc) is 2.77. The molecule has 0 aliphatic rings. The predicted octanol–water partition coefficient (Wildman–Crippen LogP) is 5.89. The summed E-state index contributed by atoms with van der Waals surface area (Å²) in [5, 5.41) is 2.41. The molecule has 4 nitrogen and oxygen atoms in total. The topological polar surface area (TPSA) is 45.2 Å². The molecule has 2 amide bonds. The van der Waals surface area contributed by atoms with Gasteiger partial charge in [-0.25, -0.2) is 4.79 Å². The lowest BCUT2D eigenvalue weighted by Crippen LogP contribution is -2.37. The van der Waals surface area contributed by atoms with Gasteiger partial charge >= 0.3 is 12.2 Å². The number of hydrogen-bond donors (Lipinski definition) is 1. The Bertz CT molecular complexity index is 1010. The van der Waals surface area contributed by atoms with Crippen LogP contribution in [0.25, 0.3) is 6.08 Å². The smallest absolute Gasteiger partial charge is 0.320 e. The van der Waals surface area contributed by atoms with Crippen LogP contribution in [0.4, 0.5) is 23.7 Å². The molecule has 3 rings (SSSR count). The summed E-state index contributed by atoms with van der Waals surface area (Å²) in [6.45, 7) is 0.540. The molecule has 31 heavy (non-hydrogen) atoms. The molecule has 0 atom stereocenters. The van der Waals surface area contributed by atoms with E-state index in [2.05, 4.69) is 10.3 Å². The second kappa shape index (κ2) is 10.4. The summed E-state index contributed by atoms with van der Waals surface area (Å²) in [4.78, 5) is 18.6. The number of carbonyl (C=O) groups is 1. The highest BCUT2D eigenvalue weighted by molar-refractivity contribution is 5.90. The highest BCUT2D eigenvalue weighted by Gasteiger charge is 2.33. The molecular weight excluding hydrogens is 403 g/mol. The quantitative estimate of drug-likeness (QED) is 0.513. The third kappa shape index (κ3) is 6.70. The van der Waals surface area contributed by atoms with Crippen molar-refractivity contribution in [3.05, 3.63) is 102 Å². The fourth-order valence-electron chi connectivity index (χ4n) is 2.99. The summed E-state index contributed by atoms with van der Waals surface area (Å²) in [5.41, 5.74) is 0.612. The van der Waals surface area contributed by atoms with Crippen LogP contribution in [0, 0.1) is 0 Å². The first-order valence-corrected chi connectivity index (χ1v) is 9.77. The first kappa shape index (κ1) is 22.1. The Labute approximate surface area is 179 Å². The number of nitrogens with zero attached hydrogens (tertiary/aromatic N) is 2. The van der Waals surface area contributed by atoms with Crippen molar-refractivity contribution in [3.8, 4) is 0 Å². The number of nitrogens with one attached hydrogen (secondary N) is 1. The second-order valence-corrected chi connectivity index (χ2v) is 6.80. The summed E-state index contributed by atoms with van der Waals surface area (Å²) in [5.74, 6) is 0. The van der Waals surface area contributed by atoms with Crippen molar-refractivity contribution in [3.63, 3.8) is 0 Å². The Morgan fingerprint density at radius 2 is 1.68 bits per heavy atom. The molecule has 0 radical (unpaired) electrons. The van der Waals surface area contributed by atoms with Crippen molar-refractivity contribution >= 4 is 17.8 Å². The third-order valence-corrected chi connectivity index (χ3v) is 4.56. The van der Waals surface area contributed by atoms with Gasteiger partial charge < -0.3 is 10.2 Å². The van der Waals surface area contributed by atoms with Crippen LogP contribution >= 0.6 is 0 Å². The van der Waals surface area contributed by atoms with Gasteiger partial charge in [0.1, 0.15) is 0 Å². The maximum atomic E-state index is 13.3. The lowest BCUT2D eigenvalue weighted by molar-refractivity contribution is -0.136. The molecule has 0 spiro atoms. The number of anilines is 1. The first-order valence-electron chi connectivity index (χ1n) is 9.77. The van der Waals surface area contributed by atoms with Crippen molar-refractivity contribution in [2.24, 2.45) is 0 Å². The van der Waals surface area contributed by atoms with E-state index in [1.165, 1.54) is 23.1 Å². The zero-order valence-corrected chi connectivity index (χ0v) is 16.7. The number of para-hydroxylation sites is 1. The number of amides is 2. The molecule has 0 saturated heterocycles. The van der Waals surface area contributed by atoms with Gasteiger partial charge in [-0.05, 0) is 29.8 Å². The van der Waals surface area contributed by atoms with E-state index < -0.39 is 17.8 Å². The predicted molar refractivity (Wildman–Crippen MR) is 115 cm³/mol. The Morgan fingerprint density at radius 1 is 0.968 bits per heavy atom. The van der Waals surface area contributed by atoms with Crippen LogP contribution in [0.2, 0.25) is 0 Å². The minimum Gasteiger partial charge on any atom is -0.320 e. The lowest BCUT2D eigenvalue weighted by atomic mass is 10.1. The zero-order chi connectivity index (χ0) is 22.1. The summed E-state index contributed by atoms with van der Waals surface area (Å²) < 4.78 is 39.8. The van der Waals surface area contributed by atoms with Crippen molar-refractivity contribution in [1.82, 2.24) is 9.88 Å². The molecule has 0 bridgehead atoms. The molecule has 1 heterocycles. The van der Waals surface area contributed by atoms with E-state index in [1.807, 2.05) is 54.6 Å². The number of hydrogen-bond acceptors (Lipinski definition) is 2. The van der Waals surface area contributed by atoms with E-state index in [0.29, 0.717) is 13.0 Å². The molecule has 7 heteroatoms. The molecule has 0 aliphatic heterocycles. The van der Waals surface area contributed by atoms with Gasteiger partial charge in [-0.15, -0.1) is 0 Å². The molecule has 0 saturated carbocycles. The van der Waals surface area contributed by atoms with Crippen LogP contribution in [0.15, 0.2) is 85.1 Å². The highest BCUT2D eigenvalue weighted by Crippen LogP contribution is 2.34. The largest absolute Gasteiger partial charge is 0.418 e. The number of halogens is 3. The lowest BCUT2D eigenvalue weighted by Gasteiger charge is -2.23. The van der Waals surface area contributed by atoms with E-state index in [4.69, 9.17) is 0 Å². The third-order valence-electron chi connectivity index (χ3n) is 4.56. The monoisotopic (exact) mass is 425 g/mol. The Morgan fingerprint density at radius 3 is 2.39 bits per heavy atom. The number of benzene rings is 2. The fraction of sp³-hybridized carbons (Fsp3) is 0.167. The Hall–Kier alpha value is -3.61. The number of urea groups is 1. The van der Waals surface area contributed by atoms with Crippen LogP contribution in [-0.4, -0.2) is 29.0 Å². The Balaban J connectivity index is 1.74. The second-order valence-electron chi connectivity index (χ2n) is 6.80. The van der Waals surface area contributed by atoms with E-state index in [1.54, 1.807) is 12.3 Å². The molecule has 1 aromatic heterocycles. The number of rotatable bonds is 7. The van der Waals surface area contributed by atoms with E-state index >= 15 is 0 Å². The van der Waals surface area contributed by atoms with Gasteiger partial charge in [-0.2, -0.15) is 13.2 Å². The van der Waals surface area contributed by atoms with Gasteiger partial charge in [0.25, 0.3) is 0 Å². The summed E-state index contributed by atoms with van der Waals surface area (Å²) >= 11 is 0. The zero-order valence-electron chi connectivity index (χ0n) is 16.7. The average molecular weight is 425 g/mol. The van der Waals surface area contributed by atoms with Crippen molar-refractivity contribution < 1.29 is 18.0 Å². The van der Waals surface area contributed by atoms with Crippen LogP contribution in [0.1, 0.15) is 16.8 Å². The number of pyridine rings is 1. The SMILES string of the molecule is O=C(Nc1ccccc1C(F)(F)F)N(C/C=C/c1ccccc1)CCc1ccccn1. The molecular formula is C24H22F3N3O. The molecule has 2 aromatic carbocycles. The van der Waals surface area contributed by atoms with Gasteiger partial charge in [0.15, 0.2) is 0 Å². The number of carbonyl (C=O) groups excluding carboxylic acids is 1. The summed E-state index contributed by atoms with van der Waals surface area (Å²) in [6, 6.07) is 19.4. The van der Waals surface area contributed by atoms with Gasteiger partial charge in [0.05, 0.1) is 11.3 Å². The van der Waals surface area contributed by atoms with Gasteiger partial charge in [0.2, 0.25) is 0 Å². The summed E-state index contributed by atoms with van der Waals surface area (Å²) in [7, 11) is 0.